The molecule has 0 aliphatic rings. The second kappa shape index (κ2) is 12.7. The molecule has 0 saturated heterocycles. The predicted octanol–water partition coefficient (Wildman–Crippen LogP) is 4.69. The first-order valence-corrected chi connectivity index (χ1v) is 12.2. The van der Waals surface area contributed by atoms with E-state index in [9.17, 15) is 36.3 Å². The van der Waals surface area contributed by atoms with E-state index < -0.39 is 52.9 Å². The van der Waals surface area contributed by atoms with Crippen LogP contribution in [0.5, 0.6) is 0 Å². The Morgan fingerprint density at radius 2 is 1.61 bits per heavy atom. The standard InChI is InChI=1S/C20H19F3N2O.C9H7F2NO3/c1-12-4-3-5-13(8-12)9-16-18(20(21,22)23)15-10-14(11-24)6-7-17(15)25(2)19(16)26;10-5-2-1-3-6(11)8(5)9(15)12-4-7(13)14/h3-8,10H,9,11,24H2,1-2H3;1-3H,4H2,(H,12,15)(H,13,14). The van der Waals surface area contributed by atoms with Gasteiger partial charge in [0.25, 0.3) is 11.5 Å². The molecule has 0 spiro atoms. The lowest BCUT2D eigenvalue weighted by Gasteiger charge is -2.18. The molecule has 0 aliphatic heterocycles. The van der Waals surface area contributed by atoms with Crippen LogP contribution in [0.1, 0.15) is 38.2 Å². The number of pyridine rings is 1. The van der Waals surface area contributed by atoms with Crippen LogP contribution >= 0.6 is 0 Å². The summed E-state index contributed by atoms with van der Waals surface area (Å²) in [7, 11) is 1.49. The number of amides is 1. The maximum atomic E-state index is 13.9. The van der Waals surface area contributed by atoms with Gasteiger partial charge in [-0.3, -0.25) is 14.4 Å². The summed E-state index contributed by atoms with van der Waals surface area (Å²) in [5.41, 5.74) is 5.50. The van der Waals surface area contributed by atoms with E-state index in [1.54, 1.807) is 24.3 Å². The molecule has 1 heterocycles. The molecule has 41 heavy (non-hydrogen) atoms. The van der Waals surface area contributed by atoms with E-state index >= 15 is 0 Å². The number of carboxylic acids is 1. The fourth-order valence-electron chi connectivity index (χ4n) is 4.26. The highest BCUT2D eigenvalue weighted by molar-refractivity contribution is 5.96. The molecule has 0 saturated carbocycles. The molecule has 7 nitrogen and oxygen atoms in total. The lowest BCUT2D eigenvalue weighted by Crippen LogP contribution is -2.30. The van der Waals surface area contributed by atoms with Gasteiger partial charge in [0.1, 0.15) is 23.7 Å². The highest BCUT2D eigenvalue weighted by Crippen LogP contribution is 2.37. The van der Waals surface area contributed by atoms with Gasteiger partial charge in [-0.05, 0) is 42.3 Å². The van der Waals surface area contributed by atoms with Crippen molar-refractivity contribution in [3.05, 3.63) is 116 Å². The first-order valence-electron chi connectivity index (χ1n) is 12.2. The minimum Gasteiger partial charge on any atom is -0.480 e. The van der Waals surface area contributed by atoms with Crippen molar-refractivity contribution in [3.8, 4) is 0 Å². The summed E-state index contributed by atoms with van der Waals surface area (Å²) in [6.07, 6.45) is -4.72. The van der Waals surface area contributed by atoms with Crippen molar-refractivity contribution in [2.45, 2.75) is 26.1 Å². The number of alkyl halides is 3. The number of fused-ring (bicyclic) bond motifs is 1. The van der Waals surface area contributed by atoms with Crippen LogP contribution in [-0.4, -0.2) is 28.1 Å². The lowest BCUT2D eigenvalue weighted by atomic mass is 9.95. The smallest absolute Gasteiger partial charge is 0.417 e. The fraction of sp³-hybridized carbons (Fsp3) is 0.207. The van der Waals surface area contributed by atoms with Crippen LogP contribution in [0.3, 0.4) is 0 Å². The van der Waals surface area contributed by atoms with Crippen molar-refractivity contribution in [1.29, 1.82) is 0 Å². The van der Waals surface area contributed by atoms with Gasteiger partial charge in [0, 0.05) is 31.0 Å². The van der Waals surface area contributed by atoms with E-state index in [0.717, 1.165) is 23.8 Å². The molecule has 0 bridgehead atoms. The molecule has 0 radical (unpaired) electrons. The molecule has 0 fully saturated rings. The lowest BCUT2D eigenvalue weighted by molar-refractivity contribution is -0.137. The van der Waals surface area contributed by atoms with E-state index in [4.69, 9.17) is 10.8 Å². The maximum absolute atomic E-state index is 13.9. The van der Waals surface area contributed by atoms with Gasteiger partial charge in [-0.2, -0.15) is 13.2 Å². The molecule has 12 heteroatoms. The number of hydrogen-bond acceptors (Lipinski definition) is 4. The number of rotatable bonds is 6. The van der Waals surface area contributed by atoms with E-state index in [2.05, 4.69) is 0 Å². The Morgan fingerprint density at radius 1 is 0.976 bits per heavy atom. The average molecular weight is 576 g/mol. The zero-order valence-electron chi connectivity index (χ0n) is 22.0. The third-order valence-corrected chi connectivity index (χ3v) is 6.13. The van der Waals surface area contributed by atoms with Crippen molar-refractivity contribution >= 4 is 22.8 Å². The summed E-state index contributed by atoms with van der Waals surface area (Å²) in [5, 5.41) is 10.1. The first-order chi connectivity index (χ1) is 19.2. The summed E-state index contributed by atoms with van der Waals surface area (Å²) in [4.78, 5) is 34.0. The number of nitrogens with two attached hydrogens (primary N) is 1. The number of carbonyl (C=O) groups is 2. The second-order valence-corrected chi connectivity index (χ2v) is 9.11. The minimum atomic E-state index is -4.64. The van der Waals surface area contributed by atoms with E-state index in [-0.39, 0.29) is 29.4 Å². The summed E-state index contributed by atoms with van der Waals surface area (Å²) in [6, 6.07) is 14.7. The molecule has 1 amide bonds. The molecule has 1 aromatic heterocycles. The summed E-state index contributed by atoms with van der Waals surface area (Å²) < 4.78 is 69.0. The molecule has 216 valence electrons. The molecule has 4 aromatic rings. The monoisotopic (exact) mass is 575 g/mol. The number of aryl methyl sites for hydroxylation is 2. The molecule has 0 unspecified atom stereocenters. The quantitative estimate of drug-likeness (QED) is 0.289. The van der Waals surface area contributed by atoms with E-state index in [1.165, 1.54) is 23.7 Å². The Bertz CT molecular complexity index is 1650. The van der Waals surface area contributed by atoms with Crippen molar-refractivity contribution in [3.63, 3.8) is 0 Å². The number of nitrogens with one attached hydrogen (secondary N) is 1. The second-order valence-electron chi connectivity index (χ2n) is 9.11. The van der Waals surface area contributed by atoms with Crippen LogP contribution in [0.2, 0.25) is 0 Å². The predicted molar refractivity (Wildman–Crippen MR) is 142 cm³/mol. The molecular weight excluding hydrogens is 549 g/mol. The Labute approximate surface area is 231 Å². The molecule has 4 N–H and O–H groups in total. The number of carbonyl (C=O) groups excluding carboxylic acids is 1. The van der Waals surface area contributed by atoms with Crippen LogP contribution in [0.25, 0.3) is 10.9 Å². The van der Waals surface area contributed by atoms with Gasteiger partial charge in [-0.1, -0.05) is 42.0 Å². The SMILES string of the molecule is Cc1cccc(Cc2c(C(F)(F)F)c3cc(CN)ccc3n(C)c2=O)c1.O=C(O)CNC(=O)c1c(F)cccc1F. The number of aliphatic carboxylic acids is 1. The largest absolute Gasteiger partial charge is 0.480 e. The molecule has 0 atom stereocenters. The van der Waals surface area contributed by atoms with E-state index in [0.29, 0.717) is 11.1 Å². The van der Waals surface area contributed by atoms with Crippen LogP contribution in [0.15, 0.2) is 65.5 Å². The van der Waals surface area contributed by atoms with Crippen molar-refractivity contribution in [2.24, 2.45) is 12.8 Å². The number of nitrogens with zero attached hydrogens (tertiary/aromatic N) is 1. The number of hydrogen-bond donors (Lipinski definition) is 3. The molecular formula is C29H26F5N3O4. The number of benzene rings is 3. The summed E-state index contributed by atoms with van der Waals surface area (Å²) >= 11 is 0. The number of halogens is 5. The van der Waals surface area contributed by atoms with Crippen LogP contribution in [0, 0.1) is 18.6 Å². The highest BCUT2D eigenvalue weighted by Gasteiger charge is 2.37. The normalized spacial score (nSPS) is 11.1. The van der Waals surface area contributed by atoms with Gasteiger partial charge in [0.2, 0.25) is 0 Å². The van der Waals surface area contributed by atoms with Crippen LogP contribution in [-0.2, 0) is 31.0 Å². The highest BCUT2D eigenvalue weighted by atomic mass is 19.4. The Morgan fingerprint density at radius 3 is 2.17 bits per heavy atom. The van der Waals surface area contributed by atoms with Crippen LogP contribution in [0.4, 0.5) is 22.0 Å². The number of carboxylic acid groups (broad SMARTS) is 1. The first kappa shape index (κ1) is 31.0. The van der Waals surface area contributed by atoms with Gasteiger partial charge < -0.3 is 20.7 Å². The zero-order chi connectivity index (χ0) is 30.5. The Hall–Kier alpha value is -4.58. The molecule has 3 aromatic carbocycles. The van der Waals surface area contributed by atoms with Gasteiger partial charge in [-0.25, -0.2) is 8.78 Å². The summed E-state index contributed by atoms with van der Waals surface area (Å²) in [5.74, 6) is -4.44. The summed E-state index contributed by atoms with van der Waals surface area (Å²) in [6.45, 7) is 1.30. The van der Waals surface area contributed by atoms with E-state index in [1.807, 2.05) is 18.3 Å². The minimum absolute atomic E-state index is 0.00482. The molecule has 4 rings (SSSR count). The fourth-order valence-corrected chi connectivity index (χ4v) is 4.26. The van der Waals surface area contributed by atoms with Gasteiger partial charge in [-0.15, -0.1) is 0 Å². The van der Waals surface area contributed by atoms with Gasteiger partial charge in [0.05, 0.1) is 11.1 Å². The molecule has 0 aliphatic carbocycles. The van der Waals surface area contributed by atoms with Gasteiger partial charge in [0.15, 0.2) is 0 Å². The Kier molecular flexibility index (Phi) is 9.61. The van der Waals surface area contributed by atoms with Crippen molar-refractivity contribution in [1.82, 2.24) is 9.88 Å². The van der Waals surface area contributed by atoms with Crippen molar-refractivity contribution in [2.75, 3.05) is 6.54 Å². The third kappa shape index (κ3) is 7.34. The van der Waals surface area contributed by atoms with Crippen molar-refractivity contribution < 1.29 is 36.6 Å². The average Bonchev–Trinajstić information content (AvgIpc) is 2.89. The van der Waals surface area contributed by atoms with Crippen LogP contribution < -0.4 is 16.6 Å². The topological polar surface area (TPSA) is 114 Å². The van der Waals surface area contributed by atoms with Gasteiger partial charge >= 0.3 is 12.1 Å². The third-order valence-electron chi connectivity index (χ3n) is 6.13. The Balaban J connectivity index is 0.000000263. The maximum Gasteiger partial charge on any atom is 0.417 e. The number of aromatic nitrogens is 1. The zero-order valence-corrected chi connectivity index (χ0v) is 22.0.